The number of carbonyl (C=O) groups is 1. The summed E-state index contributed by atoms with van der Waals surface area (Å²) in [6, 6.07) is 13.3. The maximum Gasteiger partial charge on any atom is 0.300 e. The number of nitrogens with zero attached hydrogens (tertiary/aromatic N) is 1. The van der Waals surface area contributed by atoms with Crippen LogP contribution in [0.5, 0.6) is 0 Å². The molecule has 2 fully saturated rings. The number of aromatic nitrogens is 1. The number of carboxylic acid groups (broad SMARTS) is 1. The van der Waals surface area contributed by atoms with E-state index in [0.29, 0.717) is 11.3 Å². The minimum atomic E-state index is -4.13. The number of rotatable bonds is 4. The molecule has 4 rings (SSSR count). The summed E-state index contributed by atoms with van der Waals surface area (Å²) in [5, 5.41) is 8.39. The van der Waals surface area contributed by atoms with Gasteiger partial charge in [-0.05, 0) is 89.5 Å². The molecule has 1 heterocycles. The van der Waals surface area contributed by atoms with Gasteiger partial charge in [0.05, 0.1) is 11.3 Å². The molecule has 6 nitrogen and oxygen atoms in total. The minimum Gasteiger partial charge on any atom is -0.481 e. The molecule has 0 aliphatic heterocycles. The zero-order valence-corrected chi connectivity index (χ0v) is 24.9. The van der Waals surface area contributed by atoms with Crippen LogP contribution in [0.4, 0.5) is 0 Å². The number of hydrogen-bond donors (Lipinski definition) is 2. The van der Waals surface area contributed by atoms with Crippen molar-refractivity contribution in [2.45, 2.75) is 101 Å². The summed E-state index contributed by atoms with van der Waals surface area (Å²) in [7, 11) is -5.11. The summed E-state index contributed by atoms with van der Waals surface area (Å²) in [5.41, 5.74) is 3.51. The topological polar surface area (TPSA) is 105 Å². The van der Waals surface area contributed by atoms with Crippen molar-refractivity contribution < 1.29 is 43.3 Å². The first-order chi connectivity index (χ1) is 16.6. The predicted molar refractivity (Wildman–Crippen MR) is 145 cm³/mol. The molecule has 0 radical (unpaired) electrons. The molecule has 0 spiro atoms. The molecular weight excluding hydrogens is 588 g/mol. The van der Waals surface area contributed by atoms with Crippen molar-refractivity contribution in [3.63, 3.8) is 0 Å². The Morgan fingerprint density at radius 3 is 1.61 bits per heavy atom. The van der Waals surface area contributed by atoms with Crippen molar-refractivity contribution in [3.05, 3.63) is 53.9 Å². The Kier molecular flexibility index (Phi) is 15.2. The van der Waals surface area contributed by atoms with Crippen LogP contribution in [0.2, 0.25) is 0 Å². The van der Waals surface area contributed by atoms with Gasteiger partial charge in [-0.3, -0.25) is 14.3 Å². The minimum absolute atomic E-state index is 0. The van der Waals surface area contributed by atoms with E-state index in [9.17, 15) is 13.0 Å². The number of aliphatic carboxylic acids is 1. The molecule has 9 heteroatoms. The zero-order chi connectivity index (χ0) is 25.8. The molecule has 0 bridgehead atoms. The van der Waals surface area contributed by atoms with E-state index in [2.05, 4.69) is 4.98 Å². The van der Waals surface area contributed by atoms with Gasteiger partial charge in [0.2, 0.25) is 0 Å². The van der Waals surface area contributed by atoms with Gasteiger partial charge in [-0.1, -0.05) is 31.0 Å². The second-order valence-electron chi connectivity index (χ2n) is 9.54. The van der Waals surface area contributed by atoms with Gasteiger partial charge in [0, 0.05) is 46.7 Å². The van der Waals surface area contributed by atoms with Crippen molar-refractivity contribution in [3.8, 4) is 0 Å². The van der Waals surface area contributed by atoms with Crippen molar-refractivity contribution in [1.82, 2.24) is 4.98 Å². The monoisotopic (exact) mass is 628 g/mol. The smallest absolute Gasteiger partial charge is 0.300 e. The molecule has 2 aliphatic carbocycles. The van der Waals surface area contributed by atoms with Gasteiger partial charge in [0.25, 0.3) is 16.1 Å². The molecule has 204 valence electrons. The van der Waals surface area contributed by atoms with Crippen molar-refractivity contribution in [2.75, 3.05) is 0 Å². The van der Waals surface area contributed by atoms with Crippen LogP contribution in [0.15, 0.2) is 47.4 Å². The molecule has 0 saturated heterocycles. The van der Waals surface area contributed by atoms with E-state index in [4.69, 9.17) is 9.90 Å². The fourth-order valence-corrected chi connectivity index (χ4v) is 10.8. The zero-order valence-electron chi connectivity index (χ0n) is 21.6. The Balaban J connectivity index is 0.000000414. The second kappa shape index (κ2) is 16.6. The Morgan fingerprint density at radius 2 is 1.25 bits per heavy atom. The SMILES string of the molecule is CC(=O)O.Cc1cccc(C)n1.O=S(=O)(O)c1ccccc1[PH+](C1CCCCC1)C1CCCCC1.[Pd]. The molecule has 36 heavy (non-hydrogen) atoms. The van der Waals surface area contributed by atoms with Crippen LogP contribution in [0.3, 0.4) is 0 Å². The number of benzene rings is 1. The Hall–Kier alpha value is -1.16. The summed E-state index contributed by atoms with van der Waals surface area (Å²) in [6.45, 7) is 5.07. The van der Waals surface area contributed by atoms with Crippen LogP contribution in [0.25, 0.3) is 0 Å². The second-order valence-corrected chi connectivity index (χ2v) is 14.0. The van der Waals surface area contributed by atoms with Gasteiger partial charge >= 0.3 is 0 Å². The molecule has 0 atom stereocenters. The molecule has 0 amide bonds. The number of aryl methyl sites for hydroxylation is 2. The maximum absolute atomic E-state index is 11.9. The average molecular weight is 629 g/mol. The summed E-state index contributed by atoms with van der Waals surface area (Å²) in [4.78, 5) is 13.4. The van der Waals surface area contributed by atoms with E-state index in [0.717, 1.165) is 23.6 Å². The maximum atomic E-state index is 11.9. The third-order valence-electron chi connectivity index (χ3n) is 6.59. The summed E-state index contributed by atoms with van der Waals surface area (Å²) < 4.78 is 33.5. The van der Waals surface area contributed by atoms with Gasteiger partial charge in [0.1, 0.15) is 10.2 Å². The van der Waals surface area contributed by atoms with E-state index in [1.807, 2.05) is 44.2 Å². The van der Waals surface area contributed by atoms with Crippen LogP contribution in [0, 0.1) is 13.8 Å². The standard InChI is InChI=1S/C18H27O3PS.C7H9N.C2H4O2.Pd/c19-23(20,21)18-14-8-7-13-17(18)22(15-9-3-1-4-10-15)16-11-5-2-6-12-16;1-6-4-3-5-7(2)8-6;1-2(3)4;/h7-8,13-16H,1-6,9-12H2,(H,19,20,21);3-5H,1-2H3;1H3,(H,3,4);/p+1. The van der Waals surface area contributed by atoms with Gasteiger partial charge in [-0.2, -0.15) is 8.42 Å². The molecule has 2 aliphatic rings. The molecular formula is C27H41NO5PPdS+. The Morgan fingerprint density at radius 1 is 0.833 bits per heavy atom. The molecule has 1 aromatic carbocycles. The third-order valence-corrected chi connectivity index (χ3v) is 11.7. The fourth-order valence-electron chi connectivity index (χ4n) is 5.21. The summed E-state index contributed by atoms with van der Waals surface area (Å²) in [6.07, 6.45) is 12.7. The molecule has 2 saturated carbocycles. The molecule has 1 aromatic heterocycles. The number of hydrogen-bond acceptors (Lipinski definition) is 4. The predicted octanol–water partition coefficient (Wildman–Crippen LogP) is 6.23. The van der Waals surface area contributed by atoms with Crippen molar-refractivity contribution in [1.29, 1.82) is 0 Å². The van der Waals surface area contributed by atoms with Crippen molar-refractivity contribution >= 4 is 29.3 Å². The first-order valence-electron chi connectivity index (χ1n) is 12.6. The van der Waals surface area contributed by atoms with Gasteiger partial charge in [0.15, 0.2) is 0 Å². The van der Waals surface area contributed by atoms with Crippen LogP contribution < -0.4 is 5.30 Å². The third kappa shape index (κ3) is 11.5. The summed E-state index contributed by atoms with van der Waals surface area (Å²) >= 11 is 0. The average Bonchev–Trinajstić information content (AvgIpc) is 2.80. The van der Waals surface area contributed by atoms with Gasteiger partial charge < -0.3 is 5.11 Å². The largest absolute Gasteiger partial charge is 0.481 e. The Bertz CT molecular complexity index is 999. The molecule has 0 unspecified atom stereocenters. The quantitative estimate of drug-likeness (QED) is 0.237. The van der Waals surface area contributed by atoms with E-state index < -0.39 is 24.0 Å². The van der Waals surface area contributed by atoms with Crippen molar-refractivity contribution in [2.24, 2.45) is 0 Å². The van der Waals surface area contributed by atoms with Gasteiger partial charge in [-0.15, -0.1) is 0 Å². The first-order valence-corrected chi connectivity index (χ1v) is 15.7. The van der Waals surface area contributed by atoms with E-state index in [1.54, 1.807) is 12.1 Å². The summed E-state index contributed by atoms with van der Waals surface area (Å²) in [5.74, 6) is -0.833. The van der Waals surface area contributed by atoms with E-state index >= 15 is 0 Å². The first kappa shape index (κ1) is 32.9. The van der Waals surface area contributed by atoms with Crippen LogP contribution in [-0.2, 0) is 35.3 Å². The van der Waals surface area contributed by atoms with E-state index in [1.165, 1.54) is 64.2 Å². The Labute approximate surface area is 231 Å². The van der Waals surface area contributed by atoms with Crippen LogP contribution >= 0.6 is 7.92 Å². The normalized spacial score (nSPS) is 16.6. The fraction of sp³-hybridized carbons (Fsp3) is 0.556. The molecule has 2 aromatic rings. The number of pyridine rings is 1. The van der Waals surface area contributed by atoms with Gasteiger partial charge in [-0.25, -0.2) is 0 Å². The van der Waals surface area contributed by atoms with Crippen LogP contribution in [0.1, 0.15) is 82.5 Å². The molecule has 2 N–H and O–H groups in total. The van der Waals surface area contributed by atoms with E-state index in [-0.39, 0.29) is 25.3 Å². The number of carboxylic acids is 1. The van der Waals surface area contributed by atoms with Crippen LogP contribution in [-0.4, -0.2) is 40.3 Å².